The van der Waals surface area contributed by atoms with Crippen LogP contribution in [0.2, 0.25) is 5.02 Å². The minimum Gasteiger partial charge on any atom is -0.395 e. The molecule has 0 spiro atoms. The smallest absolute Gasteiger partial charge is 0.148 e. The molecule has 3 N–H and O–H groups in total. The molecular formula is C9H10ClF2NO. The van der Waals surface area contributed by atoms with E-state index in [9.17, 15) is 8.78 Å². The summed E-state index contributed by atoms with van der Waals surface area (Å²) in [7, 11) is 0. The van der Waals surface area contributed by atoms with Crippen LogP contribution in [0.3, 0.4) is 0 Å². The van der Waals surface area contributed by atoms with E-state index in [1.54, 1.807) is 0 Å². The Morgan fingerprint density at radius 3 is 2.64 bits per heavy atom. The van der Waals surface area contributed by atoms with E-state index in [1.165, 1.54) is 6.07 Å². The maximum Gasteiger partial charge on any atom is 0.148 e. The first kappa shape index (κ1) is 11.4. The number of rotatable bonds is 3. The molecule has 78 valence electrons. The molecule has 0 saturated heterocycles. The lowest BCUT2D eigenvalue weighted by molar-refractivity contribution is 0.264. The molecule has 1 atom stereocenters. The zero-order chi connectivity index (χ0) is 10.7. The van der Waals surface area contributed by atoms with Crippen molar-refractivity contribution < 1.29 is 13.9 Å². The van der Waals surface area contributed by atoms with Crippen molar-refractivity contribution in [3.05, 3.63) is 34.4 Å². The van der Waals surface area contributed by atoms with Gasteiger partial charge in [0.25, 0.3) is 0 Å². The minimum absolute atomic E-state index is 0.127. The average molecular weight is 222 g/mol. The fraction of sp³-hybridized carbons (Fsp3) is 0.333. The fourth-order valence-electron chi connectivity index (χ4n) is 1.07. The van der Waals surface area contributed by atoms with Crippen LogP contribution in [0.4, 0.5) is 8.78 Å². The van der Waals surface area contributed by atoms with Crippen LogP contribution in [-0.4, -0.2) is 17.8 Å². The van der Waals surface area contributed by atoms with Gasteiger partial charge in [-0.25, -0.2) is 8.78 Å². The lowest BCUT2D eigenvalue weighted by Gasteiger charge is -2.09. The van der Waals surface area contributed by atoms with Crippen LogP contribution in [0.15, 0.2) is 12.1 Å². The third-order valence-corrected chi connectivity index (χ3v) is 2.18. The summed E-state index contributed by atoms with van der Waals surface area (Å²) in [5.41, 5.74) is 5.61. The summed E-state index contributed by atoms with van der Waals surface area (Å²) in [5, 5.41) is 8.12. The van der Waals surface area contributed by atoms with Crippen LogP contribution < -0.4 is 5.73 Å². The molecule has 5 heteroatoms. The van der Waals surface area contributed by atoms with E-state index in [0.29, 0.717) is 0 Å². The SMILES string of the molecule is NC(CO)Cc1ccc(F)c(Cl)c1F. The monoisotopic (exact) mass is 221 g/mol. The first-order valence-electron chi connectivity index (χ1n) is 4.05. The van der Waals surface area contributed by atoms with E-state index in [-0.39, 0.29) is 18.6 Å². The minimum atomic E-state index is -0.810. The van der Waals surface area contributed by atoms with Crippen molar-refractivity contribution in [3.63, 3.8) is 0 Å². The van der Waals surface area contributed by atoms with E-state index >= 15 is 0 Å². The zero-order valence-corrected chi connectivity index (χ0v) is 8.06. The standard InChI is InChI=1S/C9H10ClF2NO/c10-8-7(11)2-1-5(9(8)12)3-6(13)4-14/h1-2,6,14H,3-4,13H2. The predicted molar refractivity (Wildman–Crippen MR) is 50.1 cm³/mol. The molecule has 0 aromatic heterocycles. The third-order valence-electron chi connectivity index (χ3n) is 1.83. The Labute approximate surface area is 85.3 Å². The number of benzene rings is 1. The van der Waals surface area contributed by atoms with E-state index in [0.717, 1.165) is 6.07 Å². The van der Waals surface area contributed by atoms with Gasteiger partial charge in [-0.2, -0.15) is 0 Å². The van der Waals surface area contributed by atoms with Crippen LogP contribution >= 0.6 is 11.6 Å². The van der Waals surface area contributed by atoms with Gasteiger partial charge in [0.1, 0.15) is 16.7 Å². The highest BCUT2D eigenvalue weighted by molar-refractivity contribution is 6.30. The maximum atomic E-state index is 13.3. The van der Waals surface area contributed by atoms with Gasteiger partial charge >= 0.3 is 0 Å². The zero-order valence-electron chi connectivity index (χ0n) is 7.30. The van der Waals surface area contributed by atoms with Gasteiger partial charge in [0.2, 0.25) is 0 Å². The first-order valence-corrected chi connectivity index (χ1v) is 4.43. The van der Waals surface area contributed by atoms with Crippen molar-refractivity contribution in [2.75, 3.05) is 6.61 Å². The number of halogens is 3. The second-order valence-corrected chi connectivity index (χ2v) is 3.36. The molecule has 0 bridgehead atoms. The number of aliphatic hydroxyl groups excluding tert-OH is 1. The molecule has 0 saturated carbocycles. The molecular weight excluding hydrogens is 212 g/mol. The summed E-state index contributed by atoms with van der Waals surface area (Å²) in [6.07, 6.45) is 0.127. The molecule has 14 heavy (non-hydrogen) atoms. The van der Waals surface area contributed by atoms with Crippen LogP contribution in [-0.2, 0) is 6.42 Å². The van der Waals surface area contributed by atoms with Crippen LogP contribution in [0.25, 0.3) is 0 Å². The van der Waals surface area contributed by atoms with Gasteiger partial charge in [-0.1, -0.05) is 17.7 Å². The second-order valence-electron chi connectivity index (χ2n) is 2.98. The highest BCUT2D eigenvalue weighted by Gasteiger charge is 2.13. The van der Waals surface area contributed by atoms with Crippen molar-refractivity contribution in [2.24, 2.45) is 5.73 Å². The van der Waals surface area contributed by atoms with Crippen molar-refractivity contribution in [3.8, 4) is 0 Å². The Bertz CT molecular complexity index is 333. The second kappa shape index (κ2) is 4.68. The van der Waals surface area contributed by atoms with Crippen LogP contribution in [0.1, 0.15) is 5.56 Å². The van der Waals surface area contributed by atoms with Gasteiger partial charge in [0.15, 0.2) is 0 Å². The molecule has 0 heterocycles. The van der Waals surface area contributed by atoms with Gasteiger partial charge < -0.3 is 10.8 Å². The molecule has 1 unspecified atom stereocenters. The molecule has 2 nitrogen and oxygen atoms in total. The fourth-order valence-corrected chi connectivity index (χ4v) is 1.25. The van der Waals surface area contributed by atoms with E-state index in [4.69, 9.17) is 22.4 Å². The van der Waals surface area contributed by atoms with Crippen molar-refractivity contribution >= 4 is 11.6 Å². The van der Waals surface area contributed by atoms with Gasteiger partial charge in [-0.3, -0.25) is 0 Å². The van der Waals surface area contributed by atoms with Gasteiger partial charge in [-0.05, 0) is 18.1 Å². The molecule has 0 aliphatic rings. The topological polar surface area (TPSA) is 46.2 Å². The van der Waals surface area contributed by atoms with E-state index < -0.39 is 22.7 Å². The quantitative estimate of drug-likeness (QED) is 0.760. The van der Waals surface area contributed by atoms with Gasteiger partial charge in [0, 0.05) is 6.04 Å². The third kappa shape index (κ3) is 2.41. The molecule has 0 amide bonds. The first-order chi connectivity index (χ1) is 6.56. The lowest BCUT2D eigenvalue weighted by atomic mass is 10.1. The largest absolute Gasteiger partial charge is 0.395 e. The van der Waals surface area contributed by atoms with Crippen molar-refractivity contribution in [2.45, 2.75) is 12.5 Å². The summed E-state index contributed by atoms with van der Waals surface area (Å²) in [6, 6.07) is 1.78. The van der Waals surface area contributed by atoms with Crippen LogP contribution in [0.5, 0.6) is 0 Å². The highest BCUT2D eigenvalue weighted by Crippen LogP contribution is 2.22. The molecule has 0 fully saturated rings. The Hall–Kier alpha value is -0.710. The molecule has 1 rings (SSSR count). The number of hydrogen-bond acceptors (Lipinski definition) is 2. The summed E-state index contributed by atoms with van der Waals surface area (Å²) in [5.74, 6) is -1.61. The van der Waals surface area contributed by atoms with Gasteiger partial charge in [-0.15, -0.1) is 0 Å². The Balaban J connectivity index is 2.94. The molecule has 1 aromatic rings. The Morgan fingerprint density at radius 2 is 2.07 bits per heavy atom. The maximum absolute atomic E-state index is 13.3. The lowest BCUT2D eigenvalue weighted by Crippen LogP contribution is -2.27. The van der Waals surface area contributed by atoms with Gasteiger partial charge in [0.05, 0.1) is 6.61 Å². The predicted octanol–water partition coefficient (Wildman–Crippen LogP) is 1.48. The summed E-state index contributed by atoms with van der Waals surface area (Å²) >= 11 is 5.36. The Morgan fingerprint density at radius 1 is 1.43 bits per heavy atom. The number of hydrogen-bond donors (Lipinski definition) is 2. The Kier molecular flexibility index (Phi) is 3.80. The summed E-state index contributed by atoms with van der Waals surface area (Å²) in [4.78, 5) is 0. The van der Waals surface area contributed by atoms with Crippen molar-refractivity contribution in [1.82, 2.24) is 0 Å². The summed E-state index contributed by atoms with van der Waals surface area (Å²) in [6.45, 7) is -0.256. The summed E-state index contributed by atoms with van der Waals surface area (Å²) < 4.78 is 26.0. The molecule has 0 aliphatic heterocycles. The normalized spacial score (nSPS) is 12.9. The number of aliphatic hydroxyl groups is 1. The highest BCUT2D eigenvalue weighted by atomic mass is 35.5. The molecule has 0 radical (unpaired) electrons. The van der Waals surface area contributed by atoms with E-state index in [1.807, 2.05) is 0 Å². The average Bonchev–Trinajstić information content (AvgIpc) is 2.19. The molecule has 0 aliphatic carbocycles. The number of nitrogens with two attached hydrogens (primary N) is 1. The molecule has 1 aromatic carbocycles. The van der Waals surface area contributed by atoms with Crippen LogP contribution in [0, 0.1) is 11.6 Å². The van der Waals surface area contributed by atoms with E-state index in [2.05, 4.69) is 0 Å². The van der Waals surface area contributed by atoms with Crippen molar-refractivity contribution in [1.29, 1.82) is 0 Å².